The van der Waals surface area contributed by atoms with Crippen LogP contribution < -0.4 is 11.3 Å². The second-order valence-corrected chi connectivity index (χ2v) is 4.07. The lowest BCUT2D eigenvalue weighted by atomic mass is 9.44. The summed E-state index contributed by atoms with van der Waals surface area (Å²) in [6.07, 6.45) is 3.72. The lowest BCUT2D eigenvalue weighted by Gasteiger charge is -2.72. The van der Waals surface area contributed by atoms with Crippen molar-refractivity contribution in [3.05, 3.63) is 0 Å². The average Bonchev–Trinajstić information content (AvgIpc) is 1.57. The normalized spacial score (nSPS) is 50.4. The van der Waals surface area contributed by atoms with E-state index in [1.807, 2.05) is 0 Å². The van der Waals surface area contributed by atoms with E-state index < -0.39 is 0 Å². The number of rotatable bonds is 2. The summed E-state index contributed by atoms with van der Waals surface area (Å²) in [6, 6.07) is 0. The van der Waals surface area contributed by atoms with Gasteiger partial charge in [0.1, 0.15) is 0 Å². The van der Waals surface area contributed by atoms with Gasteiger partial charge >= 0.3 is 0 Å². The highest BCUT2D eigenvalue weighted by molar-refractivity contribution is 5.27. The molecule has 3 heteroatoms. The molecule has 3 N–H and O–H groups in total. The Bertz CT molecular complexity index is 144. The first-order valence-corrected chi connectivity index (χ1v) is 3.78. The molecule has 0 heterocycles. The molecule has 0 saturated heterocycles. The maximum absolute atomic E-state index is 5.40. The van der Waals surface area contributed by atoms with Crippen LogP contribution in [0.15, 0.2) is 0 Å². The van der Waals surface area contributed by atoms with E-state index in [0.29, 0.717) is 11.1 Å². The van der Waals surface area contributed by atoms with Crippen molar-refractivity contribution in [3.63, 3.8) is 0 Å². The van der Waals surface area contributed by atoms with Gasteiger partial charge in [0.2, 0.25) is 0 Å². The fourth-order valence-corrected chi connectivity index (χ4v) is 2.36. The third-order valence-electron chi connectivity index (χ3n) is 3.26. The standard InChI is InChI=1S/C7H15N3/c1-10(2)7-3-6(4-7,5-7)9-8/h9H,3-5,8H2,1-2H3. The zero-order chi connectivity index (χ0) is 7.41. The van der Waals surface area contributed by atoms with Gasteiger partial charge < -0.3 is 4.90 Å². The first kappa shape index (κ1) is 6.58. The molecule has 0 aromatic rings. The van der Waals surface area contributed by atoms with Crippen LogP contribution in [0.2, 0.25) is 0 Å². The number of nitrogens with two attached hydrogens (primary N) is 1. The minimum Gasteiger partial charge on any atom is -0.304 e. The molecule has 2 bridgehead atoms. The molecular formula is C7H15N3. The van der Waals surface area contributed by atoms with Crippen molar-refractivity contribution in [2.75, 3.05) is 14.1 Å². The van der Waals surface area contributed by atoms with Gasteiger partial charge in [-0.2, -0.15) is 0 Å². The van der Waals surface area contributed by atoms with Crippen molar-refractivity contribution in [1.29, 1.82) is 0 Å². The fourth-order valence-electron chi connectivity index (χ4n) is 2.36. The maximum Gasteiger partial charge on any atom is 0.0374 e. The molecule has 0 aliphatic heterocycles. The molecular weight excluding hydrogens is 126 g/mol. The van der Waals surface area contributed by atoms with Crippen molar-refractivity contribution in [1.82, 2.24) is 10.3 Å². The van der Waals surface area contributed by atoms with Crippen molar-refractivity contribution in [2.24, 2.45) is 5.84 Å². The van der Waals surface area contributed by atoms with Gasteiger partial charge in [0, 0.05) is 11.1 Å². The van der Waals surface area contributed by atoms with Gasteiger partial charge in [-0.25, -0.2) is 0 Å². The van der Waals surface area contributed by atoms with Gasteiger partial charge in [-0.3, -0.25) is 11.3 Å². The molecule has 3 aliphatic carbocycles. The number of hydrogen-bond donors (Lipinski definition) is 2. The summed E-state index contributed by atoms with van der Waals surface area (Å²) in [5.41, 5.74) is 3.75. The molecule has 10 heavy (non-hydrogen) atoms. The molecule has 3 nitrogen and oxygen atoms in total. The average molecular weight is 141 g/mol. The van der Waals surface area contributed by atoms with Crippen molar-refractivity contribution >= 4 is 0 Å². The fraction of sp³-hybridized carbons (Fsp3) is 1.00. The second kappa shape index (κ2) is 1.55. The van der Waals surface area contributed by atoms with Crippen LogP contribution in [0.3, 0.4) is 0 Å². The maximum atomic E-state index is 5.40. The number of hydrogen-bond acceptors (Lipinski definition) is 3. The van der Waals surface area contributed by atoms with E-state index in [0.717, 1.165) is 0 Å². The van der Waals surface area contributed by atoms with Crippen molar-refractivity contribution in [2.45, 2.75) is 30.3 Å². The van der Waals surface area contributed by atoms with Gasteiger partial charge in [-0.1, -0.05) is 0 Å². The molecule has 0 aromatic carbocycles. The van der Waals surface area contributed by atoms with E-state index in [4.69, 9.17) is 5.84 Å². The van der Waals surface area contributed by atoms with E-state index >= 15 is 0 Å². The Morgan fingerprint density at radius 2 is 1.80 bits per heavy atom. The zero-order valence-electron chi connectivity index (χ0n) is 6.65. The number of hydrazine groups is 1. The molecule has 0 amide bonds. The highest BCUT2D eigenvalue weighted by Crippen LogP contribution is 2.62. The predicted octanol–water partition coefficient (Wildman–Crippen LogP) is -0.314. The van der Waals surface area contributed by atoms with E-state index in [9.17, 15) is 0 Å². The molecule has 0 radical (unpaired) electrons. The molecule has 3 rings (SSSR count). The number of nitrogens with zero attached hydrogens (tertiary/aromatic N) is 1. The molecule has 0 unspecified atom stereocenters. The first-order valence-electron chi connectivity index (χ1n) is 3.78. The van der Waals surface area contributed by atoms with Crippen LogP contribution in [-0.4, -0.2) is 30.1 Å². The van der Waals surface area contributed by atoms with E-state index in [1.165, 1.54) is 19.3 Å². The molecule has 3 saturated carbocycles. The zero-order valence-corrected chi connectivity index (χ0v) is 6.65. The van der Waals surface area contributed by atoms with Crippen molar-refractivity contribution < 1.29 is 0 Å². The van der Waals surface area contributed by atoms with Gasteiger partial charge in [0.15, 0.2) is 0 Å². The van der Waals surface area contributed by atoms with Gasteiger partial charge in [0.25, 0.3) is 0 Å². The van der Waals surface area contributed by atoms with Crippen LogP contribution in [0.1, 0.15) is 19.3 Å². The SMILES string of the molecule is CN(C)C12CC(NN)(C1)C2. The molecule has 3 fully saturated rings. The Hall–Kier alpha value is -0.120. The van der Waals surface area contributed by atoms with Crippen LogP contribution in [0.4, 0.5) is 0 Å². The Labute approximate surface area is 61.5 Å². The molecule has 0 spiro atoms. The first-order chi connectivity index (χ1) is 4.63. The smallest absolute Gasteiger partial charge is 0.0374 e. The summed E-state index contributed by atoms with van der Waals surface area (Å²) in [7, 11) is 4.30. The topological polar surface area (TPSA) is 41.3 Å². The van der Waals surface area contributed by atoms with Crippen LogP contribution >= 0.6 is 0 Å². The highest BCUT2D eigenvalue weighted by Gasteiger charge is 2.68. The van der Waals surface area contributed by atoms with Crippen LogP contribution in [0.5, 0.6) is 0 Å². The Kier molecular flexibility index (Phi) is 1.02. The summed E-state index contributed by atoms with van der Waals surface area (Å²) >= 11 is 0. The largest absolute Gasteiger partial charge is 0.304 e. The second-order valence-electron chi connectivity index (χ2n) is 4.07. The Morgan fingerprint density at radius 3 is 2.10 bits per heavy atom. The lowest BCUT2D eigenvalue weighted by Crippen LogP contribution is -2.83. The molecule has 0 aromatic heterocycles. The summed E-state index contributed by atoms with van der Waals surface area (Å²) in [5, 5.41) is 0. The van der Waals surface area contributed by atoms with Crippen LogP contribution in [-0.2, 0) is 0 Å². The van der Waals surface area contributed by atoms with E-state index in [2.05, 4.69) is 24.4 Å². The summed E-state index contributed by atoms with van der Waals surface area (Å²) in [4.78, 5) is 2.33. The molecule has 58 valence electrons. The predicted molar refractivity (Wildman–Crippen MR) is 40.3 cm³/mol. The lowest BCUT2D eigenvalue weighted by molar-refractivity contribution is -0.162. The van der Waals surface area contributed by atoms with Gasteiger partial charge in [-0.15, -0.1) is 0 Å². The third kappa shape index (κ3) is 0.516. The number of nitrogens with one attached hydrogen (secondary N) is 1. The van der Waals surface area contributed by atoms with Gasteiger partial charge in [0.05, 0.1) is 0 Å². The molecule has 3 aliphatic rings. The Balaban J connectivity index is 1.98. The summed E-state index contributed by atoms with van der Waals surface area (Å²) in [5.74, 6) is 5.40. The highest BCUT2D eigenvalue weighted by atomic mass is 15.4. The monoisotopic (exact) mass is 141 g/mol. The van der Waals surface area contributed by atoms with E-state index in [-0.39, 0.29) is 0 Å². The van der Waals surface area contributed by atoms with Crippen molar-refractivity contribution in [3.8, 4) is 0 Å². The Morgan fingerprint density at radius 1 is 1.30 bits per heavy atom. The molecule has 0 atom stereocenters. The summed E-state index contributed by atoms with van der Waals surface area (Å²) in [6.45, 7) is 0. The minimum atomic E-state index is 0.338. The van der Waals surface area contributed by atoms with Crippen LogP contribution in [0, 0.1) is 0 Å². The summed E-state index contributed by atoms with van der Waals surface area (Å²) < 4.78 is 0. The third-order valence-corrected chi connectivity index (χ3v) is 3.26. The van der Waals surface area contributed by atoms with E-state index in [1.54, 1.807) is 0 Å². The quantitative estimate of drug-likeness (QED) is 0.409. The van der Waals surface area contributed by atoms with Gasteiger partial charge in [-0.05, 0) is 33.4 Å². The minimum absolute atomic E-state index is 0.338. The van der Waals surface area contributed by atoms with Crippen LogP contribution in [0.25, 0.3) is 0 Å².